The summed E-state index contributed by atoms with van der Waals surface area (Å²) in [6.07, 6.45) is 0.839. The Labute approximate surface area is 113 Å². The van der Waals surface area contributed by atoms with Crippen molar-refractivity contribution in [2.24, 2.45) is 5.92 Å². The van der Waals surface area contributed by atoms with Crippen LogP contribution < -0.4 is 10.6 Å². The third kappa shape index (κ3) is 3.45. The minimum Gasteiger partial charge on any atom is -0.378 e. The molecule has 19 heavy (non-hydrogen) atoms. The third-order valence-corrected chi connectivity index (χ3v) is 3.91. The highest BCUT2D eigenvalue weighted by Gasteiger charge is 2.32. The Morgan fingerprint density at radius 2 is 2.05 bits per heavy atom. The molecule has 2 saturated heterocycles. The zero-order valence-electron chi connectivity index (χ0n) is 11.6. The number of ether oxygens (including phenoxy) is 1. The number of hydrogen-bond donors (Lipinski definition) is 2. The quantitative estimate of drug-likeness (QED) is 0.714. The second-order valence-electron chi connectivity index (χ2n) is 5.31. The first-order valence-electron chi connectivity index (χ1n) is 7.00. The first-order valence-corrected chi connectivity index (χ1v) is 7.00. The van der Waals surface area contributed by atoms with Crippen LogP contribution in [0.2, 0.25) is 0 Å². The summed E-state index contributed by atoms with van der Waals surface area (Å²) in [7, 11) is 0. The molecule has 2 aliphatic rings. The van der Waals surface area contributed by atoms with E-state index >= 15 is 0 Å². The van der Waals surface area contributed by atoms with E-state index in [9.17, 15) is 9.59 Å². The Morgan fingerprint density at radius 3 is 2.63 bits per heavy atom. The van der Waals surface area contributed by atoms with Gasteiger partial charge in [0.1, 0.15) is 6.04 Å². The standard InChI is InChI=1S/C13H23N3O3/c1-9-11(3-4-14-9)12(17)15-10(2)13(18)16-5-7-19-8-6-16/h9-11,14H,3-8H2,1-2H3,(H,15,17). The van der Waals surface area contributed by atoms with Gasteiger partial charge in [0.2, 0.25) is 11.8 Å². The molecular formula is C13H23N3O3. The summed E-state index contributed by atoms with van der Waals surface area (Å²) in [6.45, 7) is 7.01. The van der Waals surface area contributed by atoms with Gasteiger partial charge in [-0.3, -0.25) is 9.59 Å². The average molecular weight is 269 g/mol. The lowest BCUT2D eigenvalue weighted by atomic mass is 10.0. The Hall–Kier alpha value is -1.14. The highest BCUT2D eigenvalue weighted by molar-refractivity contribution is 5.88. The van der Waals surface area contributed by atoms with Crippen molar-refractivity contribution in [1.29, 1.82) is 0 Å². The van der Waals surface area contributed by atoms with Crippen LogP contribution in [0.5, 0.6) is 0 Å². The molecular weight excluding hydrogens is 246 g/mol. The molecule has 3 unspecified atom stereocenters. The Kier molecular flexibility index (Phi) is 4.76. The Balaban J connectivity index is 1.83. The van der Waals surface area contributed by atoms with Crippen molar-refractivity contribution in [3.8, 4) is 0 Å². The topological polar surface area (TPSA) is 70.7 Å². The number of carbonyl (C=O) groups is 2. The van der Waals surface area contributed by atoms with Crippen LogP contribution in [0.25, 0.3) is 0 Å². The van der Waals surface area contributed by atoms with Crippen molar-refractivity contribution >= 4 is 11.8 Å². The van der Waals surface area contributed by atoms with E-state index < -0.39 is 6.04 Å². The molecule has 0 aliphatic carbocycles. The zero-order chi connectivity index (χ0) is 13.8. The van der Waals surface area contributed by atoms with E-state index in [0.29, 0.717) is 26.3 Å². The SMILES string of the molecule is CC(NC(=O)C1CCNC1C)C(=O)N1CCOCC1. The number of carbonyl (C=O) groups excluding carboxylic acids is 2. The van der Waals surface area contributed by atoms with Crippen molar-refractivity contribution in [1.82, 2.24) is 15.5 Å². The summed E-state index contributed by atoms with van der Waals surface area (Å²) >= 11 is 0. The van der Waals surface area contributed by atoms with Crippen LogP contribution in [0.1, 0.15) is 20.3 Å². The fourth-order valence-corrected chi connectivity index (χ4v) is 2.66. The largest absolute Gasteiger partial charge is 0.378 e. The molecule has 2 amide bonds. The molecule has 2 rings (SSSR count). The van der Waals surface area contributed by atoms with Crippen molar-refractivity contribution in [2.45, 2.75) is 32.4 Å². The fourth-order valence-electron chi connectivity index (χ4n) is 2.66. The van der Waals surface area contributed by atoms with Gasteiger partial charge in [0.25, 0.3) is 0 Å². The Morgan fingerprint density at radius 1 is 1.37 bits per heavy atom. The number of nitrogens with zero attached hydrogens (tertiary/aromatic N) is 1. The molecule has 2 aliphatic heterocycles. The molecule has 0 radical (unpaired) electrons. The zero-order valence-corrected chi connectivity index (χ0v) is 11.6. The maximum absolute atomic E-state index is 12.2. The van der Waals surface area contributed by atoms with Crippen molar-refractivity contribution in [3.05, 3.63) is 0 Å². The summed E-state index contributed by atoms with van der Waals surface area (Å²) in [5.74, 6) is -0.0678. The van der Waals surface area contributed by atoms with Crippen molar-refractivity contribution in [3.63, 3.8) is 0 Å². The van der Waals surface area contributed by atoms with Crippen LogP contribution in [0.15, 0.2) is 0 Å². The molecule has 0 bridgehead atoms. The first kappa shape index (κ1) is 14.3. The monoisotopic (exact) mass is 269 g/mol. The van der Waals surface area contributed by atoms with E-state index in [-0.39, 0.29) is 23.8 Å². The van der Waals surface area contributed by atoms with Gasteiger partial charge in [0.15, 0.2) is 0 Å². The lowest BCUT2D eigenvalue weighted by molar-refractivity contribution is -0.140. The summed E-state index contributed by atoms with van der Waals surface area (Å²) in [4.78, 5) is 26.0. The number of morpholine rings is 1. The third-order valence-electron chi connectivity index (χ3n) is 3.91. The van der Waals surface area contributed by atoms with Gasteiger partial charge in [-0.05, 0) is 26.8 Å². The molecule has 2 N–H and O–H groups in total. The molecule has 0 spiro atoms. The summed E-state index contributed by atoms with van der Waals surface area (Å²) < 4.78 is 5.22. The maximum atomic E-state index is 12.2. The number of nitrogens with one attached hydrogen (secondary N) is 2. The van der Waals surface area contributed by atoms with Crippen LogP contribution in [0, 0.1) is 5.92 Å². The first-order chi connectivity index (χ1) is 9.09. The summed E-state index contributed by atoms with van der Waals surface area (Å²) in [6, 6.07) is -0.274. The van der Waals surface area contributed by atoms with Gasteiger partial charge in [-0.25, -0.2) is 0 Å². The number of rotatable bonds is 3. The van der Waals surface area contributed by atoms with Crippen LogP contribution in [0.3, 0.4) is 0 Å². The van der Waals surface area contributed by atoms with Gasteiger partial charge in [-0.1, -0.05) is 0 Å². The van der Waals surface area contributed by atoms with E-state index in [0.717, 1.165) is 13.0 Å². The lowest BCUT2D eigenvalue weighted by Crippen LogP contribution is -2.52. The van der Waals surface area contributed by atoms with Gasteiger partial charge in [0.05, 0.1) is 19.1 Å². The van der Waals surface area contributed by atoms with Crippen molar-refractivity contribution in [2.75, 3.05) is 32.8 Å². The minimum absolute atomic E-state index is 0.0183. The number of amides is 2. The maximum Gasteiger partial charge on any atom is 0.245 e. The van der Waals surface area contributed by atoms with Crippen LogP contribution in [-0.4, -0.2) is 61.6 Å². The van der Waals surface area contributed by atoms with Crippen LogP contribution in [0.4, 0.5) is 0 Å². The predicted molar refractivity (Wildman–Crippen MR) is 70.6 cm³/mol. The van der Waals surface area contributed by atoms with Gasteiger partial charge in [0, 0.05) is 19.1 Å². The van der Waals surface area contributed by atoms with Gasteiger partial charge in [-0.2, -0.15) is 0 Å². The molecule has 0 saturated carbocycles. The molecule has 0 aromatic carbocycles. The molecule has 0 aromatic heterocycles. The fraction of sp³-hybridized carbons (Fsp3) is 0.846. The summed E-state index contributed by atoms with van der Waals surface area (Å²) in [5.41, 5.74) is 0. The second kappa shape index (κ2) is 6.34. The van der Waals surface area contributed by atoms with E-state index in [1.807, 2.05) is 6.92 Å². The highest BCUT2D eigenvalue weighted by Crippen LogP contribution is 2.15. The molecule has 108 valence electrons. The Bertz CT molecular complexity index is 342. The van der Waals surface area contributed by atoms with Gasteiger partial charge >= 0.3 is 0 Å². The summed E-state index contributed by atoms with van der Waals surface area (Å²) in [5, 5.41) is 6.08. The molecule has 2 heterocycles. The predicted octanol–water partition coefficient (Wildman–Crippen LogP) is -0.652. The molecule has 6 heteroatoms. The average Bonchev–Trinajstić information content (AvgIpc) is 2.85. The van der Waals surface area contributed by atoms with Crippen LogP contribution in [-0.2, 0) is 14.3 Å². The van der Waals surface area contributed by atoms with E-state index in [2.05, 4.69) is 10.6 Å². The highest BCUT2D eigenvalue weighted by atomic mass is 16.5. The van der Waals surface area contributed by atoms with E-state index in [1.165, 1.54) is 0 Å². The molecule has 2 fully saturated rings. The van der Waals surface area contributed by atoms with Gasteiger partial charge in [-0.15, -0.1) is 0 Å². The smallest absolute Gasteiger partial charge is 0.245 e. The number of hydrogen-bond acceptors (Lipinski definition) is 4. The lowest BCUT2D eigenvalue weighted by Gasteiger charge is -2.30. The normalized spacial score (nSPS) is 29.1. The second-order valence-corrected chi connectivity index (χ2v) is 5.31. The van der Waals surface area contributed by atoms with Gasteiger partial charge < -0.3 is 20.3 Å². The molecule has 3 atom stereocenters. The van der Waals surface area contributed by atoms with E-state index in [1.54, 1.807) is 11.8 Å². The van der Waals surface area contributed by atoms with Crippen molar-refractivity contribution < 1.29 is 14.3 Å². The minimum atomic E-state index is -0.460. The molecule has 6 nitrogen and oxygen atoms in total. The molecule has 0 aromatic rings. The van der Waals surface area contributed by atoms with Crippen LogP contribution >= 0.6 is 0 Å². The van der Waals surface area contributed by atoms with E-state index in [4.69, 9.17) is 4.74 Å².